The van der Waals surface area contributed by atoms with E-state index in [-0.39, 0.29) is 0 Å². The largest absolute Gasteiger partial charge is 0.317 e. The van der Waals surface area contributed by atoms with Crippen molar-refractivity contribution in [3.8, 4) is 0 Å². The van der Waals surface area contributed by atoms with Crippen LogP contribution in [-0.4, -0.2) is 49.3 Å². The lowest BCUT2D eigenvalue weighted by molar-refractivity contribution is 0.315. The van der Waals surface area contributed by atoms with Gasteiger partial charge in [0.05, 0.1) is 0 Å². The molecule has 0 aromatic heterocycles. The third-order valence-corrected chi connectivity index (χ3v) is 4.55. The lowest BCUT2D eigenvalue weighted by atomic mass is 10.1. The van der Waals surface area contributed by atoms with Gasteiger partial charge in [-0.3, -0.25) is 4.31 Å². The third kappa shape index (κ3) is 2.64. The maximum atomic E-state index is 3.36. The van der Waals surface area contributed by atoms with E-state index in [1.165, 1.54) is 25.9 Å². The molecular weight excluding hydrogens is 168 g/mol. The molecule has 2 nitrogen and oxygen atoms in total. The Hall–Kier alpha value is 0.270. The summed E-state index contributed by atoms with van der Waals surface area (Å²) in [5, 5.41) is 3.36. The van der Waals surface area contributed by atoms with E-state index in [2.05, 4.69) is 35.4 Å². The zero-order valence-corrected chi connectivity index (χ0v) is 9.58. The van der Waals surface area contributed by atoms with Gasteiger partial charge in [-0.05, 0) is 38.7 Å². The minimum atomic E-state index is -0.452. The summed E-state index contributed by atoms with van der Waals surface area (Å²) in [6.45, 7) is 2.56. The molecule has 0 radical (unpaired) electrons. The second-order valence-corrected chi connectivity index (χ2v) is 8.33. The van der Waals surface area contributed by atoms with Gasteiger partial charge in [0.1, 0.15) is 0 Å². The molecule has 0 aromatic carbocycles. The molecule has 12 heavy (non-hydrogen) atoms. The Labute approximate surface area is 78.2 Å². The van der Waals surface area contributed by atoms with Crippen LogP contribution in [0.5, 0.6) is 0 Å². The lowest BCUT2D eigenvalue weighted by Crippen LogP contribution is -2.41. The van der Waals surface area contributed by atoms with Crippen LogP contribution in [-0.2, 0) is 0 Å². The van der Waals surface area contributed by atoms with Crippen LogP contribution >= 0.6 is 10.2 Å². The highest BCUT2D eigenvalue weighted by atomic mass is 32.3. The molecular formula is C9H22N2S. The van der Waals surface area contributed by atoms with E-state index in [9.17, 15) is 0 Å². The maximum absolute atomic E-state index is 3.36. The van der Waals surface area contributed by atoms with Crippen LogP contribution in [0.4, 0.5) is 0 Å². The number of hydrogen-bond donors (Lipinski definition) is 1. The number of nitrogens with one attached hydrogen (secondary N) is 1. The number of hydrogen-bond acceptors (Lipinski definition) is 2. The van der Waals surface area contributed by atoms with Gasteiger partial charge in [-0.25, -0.2) is 0 Å². The maximum Gasteiger partial charge on any atom is 0.00890 e. The van der Waals surface area contributed by atoms with E-state index in [0.29, 0.717) is 0 Å². The van der Waals surface area contributed by atoms with Crippen molar-refractivity contribution in [2.45, 2.75) is 18.9 Å². The van der Waals surface area contributed by atoms with Crippen molar-refractivity contribution >= 4 is 10.2 Å². The van der Waals surface area contributed by atoms with Crippen LogP contribution in [0.15, 0.2) is 0 Å². The number of nitrogens with zero attached hydrogens (tertiary/aromatic N) is 1. The smallest absolute Gasteiger partial charge is 0.00890 e. The molecule has 1 aliphatic heterocycles. The van der Waals surface area contributed by atoms with E-state index in [1.807, 2.05) is 0 Å². The second-order valence-electron chi connectivity index (χ2n) is 4.26. The van der Waals surface area contributed by atoms with Gasteiger partial charge in [-0.2, -0.15) is 10.2 Å². The monoisotopic (exact) mass is 190 g/mol. The van der Waals surface area contributed by atoms with Gasteiger partial charge in [-0.1, -0.05) is 0 Å². The van der Waals surface area contributed by atoms with E-state index in [0.717, 1.165) is 6.04 Å². The van der Waals surface area contributed by atoms with Gasteiger partial charge >= 0.3 is 0 Å². The zero-order valence-electron chi connectivity index (χ0n) is 8.76. The van der Waals surface area contributed by atoms with Crippen molar-refractivity contribution < 1.29 is 0 Å². The minimum absolute atomic E-state index is 0.452. The fourth-order valence-electron chi connectivity index (χ4n) is 1.69. The Bertz CT molecular complexity index is 134. The fraction of sp³-hybridized carbons (Fsp3) is 1.00. The van der Waals surface area contributed by atoms with Crippen molar-refractivity contribution in [1.82, 2.24) is 9.62 Å². The molecule has 0 spiro atoms. The molecule has 1 saturated heterocycles. The number of rotatable bonds is 2. The summed E-state index contributed by atoms with van der Waals surface area (Å²) in [5.74, 6) is 0. The van der Waals surface area contributed by atoms with Gasteiger partial charge in [0.2, 0.25) is 0 Å². The van der Waals surface area contributed by atoms with Gasteiger partial charge in [0.15, 0.2) is 0 Å². The molecule has 0 amide bonds. The van der Waals surface area contributed by atoms with Crippen LogP contribution in [0.1, 0.15) is 12.8 Å². The molecule has 1 N–H and O–H groups in total. The lowest BCUT2D eigenvalue weighted by Gasteiger charge is -2.44. The van der Waals surface area contributed by atoms with Crippen LogP contribution in [0.2, 0.25) is 0 Å². The predicted octanol–water partition coefficient (Wildman–Crippen LogP) is 1.28. The van der Waals surface area contributed by atoms with Gasteiger partial charge in [0.25, 0.3) is 0 Å². The average Bonchev–Trinajstić information content (AvgIpc) is 2.03. The Kier molecular flexibility index (Phi) is 3.44. The van der Waals surface area contributed by atoms with Crippen LogP contribution in [0.3, 0.4) is 0 Å². The molecule has 0 bridgehead atoms. The van der Waals surface area contributed by atoms with E-state index in [1.54, 1.807) is 0 Å². The Morgan fingerprint density at radius 3 is 2.00 bits per heavy atom. The fourth-order valence-corrected chi connectivity index (χ4v) is 3.00. The van der Waals surface area contributed by atoms with Gasteiger partial charge in [-0.15, -0.1) is 0 Å². The molecule has 0 unspecified atom stereocenters. The summed E-state index contributed by atoms with van der Waals surface area (Å²) in [6, 6.07) is 0.767. The zero-order chi connectivity index (χ0) is 9.19. The normalized spacial score (nSPS) is 24.3. The molecule has 1 heterocycles. The van der Waals surface area contributed by atoms with Gasteiger partial charge in [0, 0.05) is 19.1 Å². The molecule has 0 aromatic rings. The minimum Gasteiger partial charge on any atom is -0.317 e. The van der Waals surface area contributed by atoms with Crippen molar-refractivity contribution in [2.75, 3.05) is 38.9 Å². The standard InChI is InChI=1S/C9H22N2S/c1-10-9-5-7-11(8-6-9)12(2,3)4/h9-10H,5-8H2,1-4H3. The first-order valence-corrected chi connectivity index (χ1v) is 7.46. The molecule has 1 rings (SSSR count). The van der Waals surface area contributed by atoms with E-state index in [4.69, 9.17) is 0 Å². The van der Waals surface area contributed by atoms with E-state index < -0.39 is 10.2 Å². The summed E-state index contributed by atoms with van der Waals surface area (Å²) in [7, 11) is 1.62. The first kappa shape index (κ1) is 10.4. The third-order valence-electron chi connectivity index (χ3n) is 2.64. The van der Waals surface area contributed by atoms with Crippen LogP contribution < -0.4 is 5.32 Å². The van der Waals surface area contributed by atoms with Crippen LogP contribution in [0, 0.1) is 0 Å². The Morgan fingerprint density at radius 2 is 1.67 bits per heavy atom. The Morgan fingerprint density at radius 1 is 1.17 bits per heavy atom. The van der Waals surface area contributed by atoms with Crippen molar-refractivity contribution in [3.05, 3.63) is 0 Å². The van der Waals surface area contributed by atoms with E-state index >= 15 is 0 Å². The second kappa shape index (κ2) is 3.99. The predicted molar refractivity (Wildman–Crippen MR) is 59.0 cm³/mol. The molecule has 0 aliphatic carbocycles. The first-order chi connectivity index (χ1) is 5.54. The summed E-state index contributed by atoms with van der Waals surface area (Å²) in [6.07, 6.45) is 9.79. The SMILES string of the molecule is CNC1CCN(S(C)(C)C)CC1. The van der Waals surface area contributed by atoms with Crippen molar-refractivity contribution in [3.63, 3.8) is 0 Å². The van der Waals surface area contributed by atoms with Crippen molar-refractivity contribution in [1.29, 1.82) is 0 Å². The van der Waals surface area contributed by atoms with Crippen LogP contribution in [0.25, 0.3) is 0 Å². The summed E-state index contributed by atoms with van der Waals surface area (Å²) < 4.78 is 2.65. The van der Waals surface area contributed by atoms with Crippen molar-refractivity contribution in [2.24, 2.45) is 0 Å². The highest BCUT2D eigenvalue weighted by Crippen LogP contribution is 2.41. The molecule has 1 aliphatic rings. The van der Waals surface area contributed by atoms with Gasteiger partial charge < -0.3 is 5.32 Å². The molecule has 1 fully saturated rings. The topological polar surface area (TPSA) is 15.3 Å². The highest BCUT2D eigenvalue weighted by Gasteiger charge is 2.22. The quantitative estimate of drug-likeness (QED) is 0.705. The first-order valence-electron chi connectivity index (χ1n) is 4.64. The molecule has 0 atom stereocenters. The summed E-state index contributed by atoms with van der Waals surface area (Å²) in [4.78, 5) is 0. The molecule has 0 saturated carbocycles. The average molecular weight is 190 g/mol. The Balaban J connectivity index is 2.36. The molecule has 3 heteroatoms. The molecule has 74 valence electrons. The highest BCUT2D eigenvalue weighted by molar-refractivity contribution is 8.30. The summed E-state index contributed by atoms with van der Waals surface area (Å²) in [5.41, 5.74) is 0. The number of piperidine rings is 1. The summed E-state index contributed by atoms with van der Waals surface area (Å²) >= 11 is 0.